The maximum Gasteiger partial charge on any atom is 0.251 e. The number of amides is 2. The second kappa shape index (κ2) is 13.3. The molecule has 9 heteroatoms. The number of nitrogens with zero attached hydrogens (tertiary/aromatic N) is 4. The van der Waals surface area contributed by atoms with Crippen molar-refractivity contribution in [3.8, 4) is 5.75 Å². The Morgan fingerprint density at radius 1 is 0.905 bits per heavy atom. The van der Waals surface area contributed by atoms with Gasteiger partial charge in [0, 0.05) is 69.8 Å². The minimum Gasteiger partial charge on any atom is -0.497 e. The van der Waals surface area contributed by atoms with Crippen molar-refractivity contribution in [1.29, 1.82) is 0 Å². The highest BCUT2D eigenvalue weighted by atomic mass is 16.5. The van der Waals surface area contributed by atoms with E-state index >= 15 is 0 Å². The topological polar surface area (TPSA) is 80.4 Å². The van der Waals surface area contributed by atoms with Crippen molar-refractivity contribution in [2.75, 3.05) is 75.1 Å². The van der Waals surface area contributed by atoms with Gasteiger partial charge in [-0.1, -0.05) is 19.1 Å². The molecule has 3 aromatic rings. The van der Waals surface area contributed by atoms with Crippen molar-refractivity contribution in [3.05, 3.63) is 77.9 Å². The van der Waals surface area contributed by atoms with Crippen LogP contribution in [0.5, 0.6) is 5.75 Å². The van der Waals surface area contributed by atoms with Gasteiger partial charge in [0.15, 0.2) is 0 Å². The first-order chi connectivity index (χ1) is 20.4. The SMILES string of the molecule is CCN1CCN(CCNC(=O)c2ccc(Nc3ccc4c(c3)N(Cc3ccc(OC)cc3)C(C)C(=O)N4C)cc2)CC1. The molecular weight excluding hydrogens is 528 g/mol. The zero-order valence-electron chi connectivity index (χ0n) is 25.1. The zero-order chi connectivity index (χ0) is 29.6. The number of methoxy groups -OCH3 is 1. The third kappa shape index (κ3) is 6.69. The van der Waals surface area contributed by atoms with Crippen LogP contribution in [0.25, 0.3) is 0 Å². The van der Waals surface area contributed by atoms with Crippen molar-refractivity contribution in [3.63, 3.8) is 0 Å². The number of anilines is 4. The standard InChI is InChI=1S/C33H42N6O3/c1-5-37-18-20-38(21-19-37)17-16-34-32(40)26-8-10-27(11-9-26)35-28-12-15-30-31(22-28)39(24(2)33(41)36(30)3)23-25-6-13-29(42-4)14-7-25/h6-15,22,24,35H,5,16-21,23H2,1-4H3,(H,34,40). The van der Waals surface area contributed by atoms with Crippen LogP contribution in [-0.4, -0.2) is 87.6 Å². The number of rotatable bonds is 10. The molecule has 0 radical (unpaired) electrons. The van der Waals surface area contributed by atoms with E-state index < -0.39 is 0 Å². The Labute approximate surface area is 249 Å². The molecule has 42 heavy (non-hydrogen) atoms. The maximum atomic E-state index is 13.0. The number of benzene rings is 3. The van der Waals surface area contributed by atoms with Gasteiger partial charge in [-0.25, -0.2) is 0 Å². The van der Waals surface area contributed by atoms with E-state index in [0.29, 0.717) is 18.7 Å². The van der Waals surface area contributed by atoms with Gasteiger partial charge < -0.3 is 30.1 Å². The molecule has 0 saturated carbocycles. The first-order valence-electron chi connectivity index (χ1n) is 14.8. The molecule has 0 aromatic heterocycles. The van der Waals surface area contributed by atoms with Crippen LogP contribution >= 0.6 is 0 Å². The average Bonchev–Trinajstić information content (AvgIpc) is 3.03. The molecule has 1 atom stereocenters. The molecule has 2 aliphatic heterocycles. The van der Waals surface area contributed by atoms with E-state index in [-0.39, 0.29) is 17.9 Å². The van der Waals surface area contributed by atoms with E-state index in [9.17, 15) is 9.59 Å². The summed E-state index contributed by atoms with van der Waals surface area (Å²) in [5.74, 6) is 0.806. The van der Waals surface area contributed by atoms with E-state index in [2.05, 4.69) is 38.3 Å². The van der Waals surface area contributed by atoms with Crippen LogP contribution in [-0.2, 0) is 11.3 Å². The van der Waals surface area contributed by atoms with Crippen LogP contribution in [0.1, 0.15) is 29.8 Å². The molecule has 9 nitrogen and oxygen atoms in total. The lowest BCUT2D eigenvalue weighted by Gasteiger charge is -2.40. The molecule has 222 valence electrons. The fourth-order valence-corrected chi connectivity index (χ4v) is 5.64. The average molecular weight is 571 g/mol. The lowest BCUT2D eigenvalue weighted by molar-refractivity contribution is -0.119. The highest BCUT2D eigenvalue weighted by Crippen LogP contribution is 2.39. The second-order valence-electron chi connectivity index (χ2n) is 11.0. The molecule has 0 bridgehead atoms. The fourth-order valence-electron chi connectivity index (χ4n) is 5.64. The molecule has 1 fully saturated rings. The highest BCUT2D eigenvalue weighted by molar-refractivity contribution is 6.05. The van der Waals surface area contributed by atoms with Gasteiger partial charge in [0.25, 0.3) is 5.91 Å². The van der Waals surface area contributed by atoms with Crippen LogP contribution in [0.2, 0.25) is 0 Å². The number of fused-ring (bicyclic) bond motifs is 1. The number of likely N-dealkylation sites (N-methyl/N-ethyl adjacent to an activating group) is 2. The Morgan fingerprint density at radius 2 is 1.57 bits per heavy atom. The van der Waals surface area contributed by atoms with E-state index in [1.165, 1.54) is 0 Å². The van der Waals surface area contributed by atoms with E-state index in [1.54, 1.807) is 12.0 Å². The Balaban J connectivity index is 1.22. The molecule has 0 spiro atoms. The predicted molar refractivity (Wildman–Crippen MR) is 169 cm³/mol. The van der Waals surface area contributed by atoms with Gasteiger partial charge in [0.1, 0.15) is 11.8 Å². The molecule has 0 aliphatic carbocycles. The normalized spacial score (nSPS) is 17.6. The lowest BCUT2D eigenvalue weighted by atomic mass is 10.0. The summed E-state index contributed by atoms with van der Waals surface area (Å²) in [7, 11) is 3.48. The van der Waals surface area contributed by atoms with Gasteiger partial charge in [0.05, 0.1) is 18.5 Å². The summed E-state index contributed by atoms with van der Waals surface area (Å²) < 4.78 is 5.30. The van der Waals surface area contributed by atoms with Crippen LogP contribution in [0.4, 0.5) is 22.7 Å². The summed E-state index contributed by atoms with van der Waals surface area (Å²) in [5, 5.41) is 6.52. The molecule has 1 saturated heterocycles. The van der Waals surface area contributed by atoms with E-state index in [1.807, 2.05) is 74.6 Å². The lowest BCUT2D eigenvalue weighted by Crippen LogP contribution is -2.50. The van der Waals surface area contributed by atoms with E-state index in [0.717, 1.165) is 73.3 Å². The summed E-state index contributed by atoms with van der Waals surface area (Å²) in [5.41, 5.74) is 5.38. The quantitative estimate of drug-likeness (QED) is 0.379. The van der Waals surface area contributed by atoms with Crippen molar-refractivity contribution in [2.24, 2.45) is 0 Å². The number of ether oxygens (including phenoxy) is 1. The van der Waals surface area contributed by atoms with Crippen LogP contribution < -0.4 is 25.2 Å². The number of piperazine rings is 1. The van der Waals surface area contributed by atoms with Crippen molar-refractivity contribution in [1.82, 2.24) is 15.1 Å². The summed E-state index contributed by atoms with van der Waals surface area (Å²) >= 11 is 0. The number of carbonyl (C=O) groups is 2. The minimum absolute atomic E-state index is 0.0570. The number of hydrogen-bond acceptors (Lipinski definition) is 7. The van der Waals surface area contributed by atoms with Crippen LogP contribution in [0.3, 0.4) is 0 Å². The van der Waals surface area contributed by atoms with Gasteiger partial charge in [-0.2, -0.15) is 0 Å². The summed E-state index contributed by atoms with van der Waals surface area (Å²) in [4.78, 5) is 34.5. The number of carbonyl (C=O) groups excluding carboxylic acids is 2. The smallest absolute Gasteiger partial charge is 0.251 e. The van der Waals surface area contributed by atoms with Crippen molar-refractivity contribution < 1.29 is 14.3 Å². The van der Waals surface area contributed by atoms with Crippen LogP contribution in [0, 0.1) is 0 Å². The van der Waals surface area contributed by atoms with Gasteiger partial charge in [0.2, 0.25) is 5.91 Å². The van der Waals surface area contributed by atoms with Crippen molar-refractivity contribution >= 4 is 34.6 Å². The third-order valence-corrected chi connectivity index (χ3v) is 8.38. The van der Waals surface area contributed by atoms with Gasteiger partial charge in [-0.15, -0.1) is 0 Å². The van der Waals surface area contributed by atoms with Gasteiger partial charge in [-0.3, -0.25) is 14.5 Å². The number of hydrogen-bond donors (Lipinski definition) is 2. The summed E-state index contributed by atoms with van der Waals surface area (Å²) in [6.07, 6.45) is 0. The molecule has 2 heterocycles. The Morgan fingerprint density at radius 3 is 2.24 bits per heavy atom. The molecule has 2 aliphatic rings. The summed E-state index contributed by atoms with van der Waals surface area (Å²) in [6, 6.07) is 21.2. The zero-order valence-corrected chi connectivity index (χ0v) is 25.1. The third-order valence-electron chi connectivity index (χ3n) is 8.38. The summed E-state index contributed by atoms with van der Waals surface area (Å²) in [6.45, 7) is 11.7. The first kappa shape index (κ1) is 29.4. The monoisotopic (exact) mass is 570 g/mol. The maximum absolute atomic E-state index is 13.0. The van der Waals surface area contributed by atoms with Gasteiger partial charge in [-0.05, 0) is 73.6 Å². The Kier molecular flexibility index (Phi) is 9.29. The van der Waals surface area contributed by atoms with E-state index in [4.69, 9.17) is 4.74 Å². The highest BCUT2D eigenvalue weighted by Gasteiger charge is 2.33. The first-order valence-corrected chi connectivity index (χ1v) is 14.8. The predicted octanol–water partition coefficient (Wildman–Crippen LogP) is 4.18. The fraction of sp³-hybridized carbons (Fsp3) is 0.394. The molecule has 2 N–H and O–H groups in total. The van der Waals surface area contributed by atoms with Gasteiger partial charge >= 0.3 is 0 Å². The minimum atomic E-state index is -0.307. The largest absolute Gasteiger partial charge is 0.497 e. The molecule has 2 amide bonds. The van der Waals surface area contributed by atoms with Crippen LogP contribution in [0.15, 0.2) is 66.7 Å². The second-order valence-corrected chi connectivity index (χ2v) is 11.0. The molecule has 1 unspecified atom stereocenters. The Hall–Kier alpha value is -4.08. The molecule has 5 rings (SSSR count). The molecule has 3 aromatic carbocycles. The molecular formula is C33H42N6O3. The Bertz CT molecular complexity index is 1370. The number of nitrogens with one attached hydrogen (secondary N) is 2. The van der Waals surface area contributed by atoms with Crippen molar-refractivity contribution in [2.45, 2.75) is 26.4 Å².